The Morgan fingerprint density at radius 2 is 2.10 bits per heavy atom. The van der Waals surface area contributed by atoms with Gasteiger partial charge in [-0.1, -0.05) is 12.7 Å². The van der Waals surface area contributed by atoms with Gasteiger partial charge < -0.3 is 9.64 Å². The van der Waals surface area contributed by atoms with Crippen molar-refractivity contribution in [1.82, 2.24) is 29.2 Å². The zero-order valence-electron chi connectivity index (χ0n) is 17.7. The third-order valence-electron chi connectivity index (χ3n) is 5.18. The Labute approximate surface area is 173 Å². The molecular formula is C22H24N6O2. The monoisotopic (exact) mass is 404 g/mol. The number of ether oxygens (including phenoxy) is 1. The Hall–Kier alpha value is -3.81. The van der Waals surface area contributed by atoms with E-state index in [2.05, 4.69) is 21.8 Å². The molecule has 0 fully saturated rings. The van der Waals surface area contributed by atoms with Crippen LogP contribution in [-0.2, 0) is 7.05 Å². The van der Waals surface area contributed by atoms with E-state index >= 15 is 0 Å². The minimum atomic E-state index is -0.158. The fourth-order valence-corrected chi connectivity index (χ4v) is 3.73. The number of aryl methyl sites for hydroxylation is 2. The van der Waals surface area contributed by atoms with Crippen LogP contribution in [0.2, 0.25) is 0 Å². The number of nitrogens with zero attached hydrogens (tertiary/aromatic N) is 5. The molecule has 8 heteroatoms. The van der Waals surface area contributed by atoms with Gasteiger partial charge in [-0.3, -0.25) is 19.2 Å². The van der Waals surface area contributed by atoms with E-state index in [-0.39, 0.29) is 5.69 Å². The molecule has 4 rings (SSSR count). The van der Waals surface area contributed by atoms with Gasteiger partial charge in [0.1, 0.15) is 5.75 Å². The Morgan fingerprint density at radius 1 is 1.33 bits per heavy atom. The van der Waals surface area contributed by atoms with Crippen LogP contribution in [0.5, 0.6) is 5.75 Å². The Kier molecular flexibility index (Phi) is 4.69. The van der Waals surface area contributed by atoms with Gasteiger partial charge in [-0.25, -0.2) is 4.79 Å². The molecule has 0 aliphatic heterocycles. The molecule has 1 aromatic carbocycles. The van der Waals surface area contributed by atoms with Crippen molar-refractivity contribution in [1.29, 1.82) is 0 Å². The van der Waals surface area contributed by atoms with E-state index in [0.29, 0.717) is 11.4 Å². The number of fused-ring (bicyclic) bond motifs is 3. The molecule has 8 nitrogen and oxygen atoms in total. The van der Waals surface area contributed by atoms with Crippen molar-refractivity contribution in [3.63, 3.8) is 0 Å². The van der Waals surface area contributed by atoms with Crippen molar-refractivity contribution < 1.29 is 4.74 Å². The van der Waals surface area contributed by atoms with Gasteiger partial charge in [0.05, 0.1) is 41.2 Å². The molecule has 3 aromatic heterocycles. The van der Waals surface area contributed by atoms with E-state index in [1.165, 1.54) is 0 Å². The van der Waals surface area contributed by atoms with E-state index in [9.17, 15) is 4.79 Å². The summed E-state index contributed by atoms with van der Waals surface area (Å²) in [6.07, 6.45) is 7.21. The fourth-order valence-electron chi connectivity index (χ4n) is 3.73. The second-order valence-corrected chi connectivity index (χ2v) is 7.35. The van der Waals surface area contributed by atoms with Gasteiger partial charge in [0.25, 0.3) is 0 Å². The largest absolute Gasteiger partial charge is 0.496 e. The first-order chi connectivity index (χ1) is 14.4. The van der Waals surface area contributed by atoms with Crippen molar-refractivity contribution in [3.05, 3.63) is 65.1 Å². The lowest BCUT2D eigenvalue weighted by Gasteiger charge is -2.14. The number of H-pyrrole nitrogens is 1. The molecular weight excluding hydrogens is 380 g/mol. The SMILES string of the molecule is C=C/C(=C\N(C)C)c1cc2c(cc1OC)ncc1c2n(-c2c[nH]nc2C)c(=O)n1C. The summed E-state index contributed by atoms with van der Waals surface area (Å²) in [5.74, 6) is 0.687. The average Bonchev–Trinajstić information content (AvgIpc) is 3.25. The van der Waals surface area contributed by atoms with Gasteiger partial charge in [-0.05, 0) is 13.0 Å². The Balaban J connectivity index is 2.18. The molecule has 0 saturated carbocycles. The first kappa shape index (κ1) is 19.5. The second-order valence-electron chi connectivity index (χ2n) is 7.35. The number of hydrogen-bond donors (Lipinski definition) is 1. The highest BCUT2D eigenvalue weighted by atomic mass is 16.5. The lowest BCUT2D eigenvalue weighted by atomic mass is 10.0. The maximum absolute atomic E-state index is 13.1. The van der Waals surface area contributed by atoms with Gasteiger partial charge in [-0.2, -0.15) is 5.10 Å². The third kappa shape index (κ3) is 2.88. The normalized spacial score (nSPS) is 12.0. The number of pyridine rings is 1. The van der Waals surface area contributed by atoms with Gasteiger partial charge in [0, 0.05) is 56.1 Å². The number of benzene rings is 1. The van der Waals surface area contributed by atoms with Crippen LogP contribution >= 0.6 is 0 Å². The fraction of sp³-hybridized carbons (Fsp3) is 0.227. The Morgan fingerprint density at radius 3 is 2.70 bits per heavy atom. The number of hydrogen-bond acceptors (Lipinski definition) is 5. The van der Waals surface area contributed by atoms with E-state index in [4.69, 9.17) is 4.74 Å². The molecule has 3 heterocycles. The molecule has 0 radical (unpaired) electrons. The maximum atomic E-state index is 13.1. The summed E-state index contributed by atoms with van der Waals surface area (Å²) in [7, 11) is 7.28. The number of methoxy groups -OCH3 is 1. The standard InChI is InChI=1S/C22H24N6O2/c1-7-14(12-26(3)4)15-8-16-17(9-20(15)30-6)23-10-19-21(16)28(22(29)27(19)5)18-11-24-25-13(18)2/h7-12H,1H2,2-6H3,(H,24,25)/b14-12+. The predicted octanol–water partition coefficient (Wildman–Crippen LogP) is 3.01. The number of aromatic nitrogens is 5. The van der Waals surface area contributed by atoms with E-state index in [1.807, 2.05) is 44.3 Å². The average molecular weight is 404 g/mol. The quantitative estimate of drug-likeness (QED) is 0.517. The summed E-state index contributed by atoms with van der Waals surface area (Å²) < 4.78 is 8.92. The third-order valence-corrected chi connectivity index (χ3v) is 5.18. The van der Waals surface area contributed by atoms with Gasteiger partial charge in [0.2, 0.25) is 0 Å². The summed E-state index contributed by atoms with van der Waals surface area (Å²) >= 11 is 0. The molecule has 0 amide bonds. The van der Waals surface area contributed by atoms with Crippen LogP contribution in [0.4, 0.5) is 0 Å². The zero-order chi connectivity index (χ0) is 21.6. The van der Waals surface area contributed by atoms with Crippen molar-refractivity contribution in [2.45, 2.75) is 6.92 Å². The van der Waals surface area contributed by atoms with Gasteiger partial charge in [0.15, 0.2) is 0 Å². The van der Waals surface area contributed by atoms with Crippen molar-refractivity contribution in [2.24, 2.45) is 7.05 Å². The highest BCUT2D eigenvalue weighted by molar-refractivity contribution is 6.05. The first-order valence-corrected chi connectivity index (χ1v) is 9.47. The number of allylic oxidation sites excluding steroid dienone is 2. The van der Waals surface area contributed by atoms with Crippen molar-refractivity contribution >= 4 is 27.5 Å². The summed E-state index contributed by atoms with van der Waals surface area (Å²) in [5, 5.41) is 7.87. The van der Waals surface area contributed by atoms with Crippen LogP contribution in [0.1, 0.15) is 11.3 Å². The lowest BCUT2D eigenvalue weighted by Crippen LogP contribution is -2.21. The molecule has 30 heavy (non-hydrogen) atoms. The van der Waals surface area contributed by atoms with E-state index < -0.39 is 0 Å². The lowest BCUT2D eigenvalue weighted by molar-refractivity contribution is 0.414. The van der Waals surface area contributed by atoms with E-state index in [0.717, 1.165) is 38.8 Å². The van der Waals surface area contributed by atoms with Gasteiger partial charge >= 0.3 is 5.69 Å². The number of nitrogens with one attached hydrogen (secondary N) is 1. The van der Waals surface area contributed by atoms with Crippen LogP contribution in [0.15, 0.2) is 48.2 Å². The smallest absolute Gasteiger partial charge is 0.333 e. The minimum Gasteiger partial charge on any atom is -0.496 e. The number of imidazole rings is 1. The summed E-state index contributed by atoms with van der Waals surface area (Å²) in [6, 6.07) is 3.90. The molecule has 154 valence electrons. The molecule has 0 saturated heterocycles. The predicted molar refractivity (Wildman–Crippen MR) is 119 cm³/mol. The maximum Gasteiger partial charge on any atom is 0.333 e. The number of aromatic amines is 1. The Bertz CT molecular complexity index is 1370. The van der Waals surface area contributed by atoms with Crippen LogP contribution in [0, 0.1) is 6.92 Å². The molecule has 0 aliphatic rings. The highest BCUT2D eigenvalue weighted by Crippen LogP contribution is 2.34. The van der Waals surface area contributed by atoms with Crippen molar-refractivity contribution in [2.75, 3.05) is 21.2 Å². The molecule has 4 aromatic rings. The topological polar surface area (TPSA) is 81.0 Å². The zero-order valence-corrected chi connectivity index (χ0v) is 17.7. The second kappa shape index (κ2) is 7.22. The minimum absolute atomic E-state index is 0.158. The number of rotatable bonds is 5. The van der Waals surface area contributed by atoms with Gasteiger partial charge in [-0.15, -0.1) is 0 Å². The molecule has 0 atom stereocenters. The molecule has 0 aliphatic carbocycles. The molecule has 0 spiro atoms. The molecule has 0 unspecified atom stereocenters. The molecule has 1 N–H and O–H groups in total. The first-order valence-electron chi connectivity index (χ1n) is 9.47. The van der Waals surface area contributed by atoms with Crippen LogP contribution in [0.3, 0.4) is 0 Å². The summed E-state index contributed by atoms with van der Waals surface area (Å²) in [4.78, 5) is 19.7. The van der Waals surface area contributed by atoms with Crippen LogP contribution in [-0.4, -0.2) is 50.4 Å². The molecule has 0 bridgehead atoms. The van der Waals surface area contributed by atoms with E-state index in [1.54, 1.807) is 41.8 Å². The summed E-state index contributed by atoms with van der Waals surface area (Å²) in [5.41, 5.74) is 5.31. The van der Waals surface area contributed by atoms with Crippen LogP contribution < -0.4 is 10.4 Å². The summed E-state index contributed by atoms with van der Waals surface area (Å²) in [6.45, 7) is 5.82. The van der Waals surface area contributed by atoms with Crippen molar-refractivity contribution in [3.8, 4) is 11.4 Å². The van der Waals surface area contributed by atoms with Crippen LogP contribution in [0.25, 0.3) is 33.2 Å². The highest BCUT2D eigenvalue weighted by Gasteiger charge is 2.20.